The number of nitrogens with one attached hydrogen (secondary N) is 1. The van der Waals surface area contributed by atoms with Crippen LogP contribution in [-0.2, 0) is 12.8 Å². The van der Waals surface area contributed by atoms with E-state index >= 15 is 0 Å². The quantitative estimate of drug-likeness (QED) is 0.754. The van der Waals surface area contributed by atoms with E-state index in [1.54, 1.807) is 0 Å². The predicted octanol–water partition coefficient (Wildman–Crippen LogP) is 4.29. The molecular formula is C15H20IN3O. The number of aromatic nitrogens is 2. The van der Waals surface area contributed by atoms with Gasteiger partial charge in [0.2, 0.25) is 0 Å². The van der Waals surface area contributed by atoms with Crippen molar-refractivity contribution in [2.75, 3.05) is 11.9 Å². The van der Waals surface area contributed by atoms with E-state index < -0.39 is 0 Å². The van der Waals surface area contributed by atoms with Gasteiger partial charge in [-0.1, -0.05) is 20.8 Å². The molecule has 0 saturated carbocycles. The highest BCUT2D eigenvalue weighted by atomic mass is 127. The van der Waals surface area contributed by atoms with Crippen LogP contribution >= 0.6 is 22.6 Å². The van der Waals surface area contributed by atoms with Crippen LogP contribution in [0.5, 0.6) is 0 Å². The first kappa shape index (κ1) is 15.3. The minimum atomic E-state index is 0.667. The summed E-state index contributed by atoms with van der Waals surface area (Å²) < 4.78 is 6.86. The second-order valence-electron chi connectivity index (χ2n) is 4.56. The van der Waals surface area contributed by atoms with E-state index in [9.17, 15) is 0 Å². The summed E-state index contributed by atoms with van der Waals surface area (Å²) in [6.07, 6.45) is 2.83. The third-order valence-electron chi connectivity index (χ3n) is 3.03. The molecule has 2 heterocycles. The molecule has 0 aromatic carbocycles. The Balaban J connectivity index is 2.42. The van der Waals surface area contributed by atoms with E-state index in [4.69, 9.17) is 4.42 Å². The van der Waals surface area contributed by atoms with E-state index in [1.807, 2.05) is 12.1 Å². The van der Waals surface area contributed by atoms with Crippen molar-refractivity contribution in [2.24, 2.45) is 0 Å². The molecular weight excluding hydrogens is 365 g/mol. The summed E-state index contributed by atoms with van der Waals surface area (Å²) in [7, 11) is 0. The Morgan fingerprint density at radius 1 is 1.15 bits per heavy atom. The zero-order valence-corrected chi connectivity index (χ0v) is 14.3. The number of anilines is 1. The van der Waals surface area contributed by atoms with Gasteiger partial charge in [-0.05, 0) is 47.6 Å². The summed E-state index contributed by atoms with van der Waals surface area (Å²) in [6.45, 7) is 7.23. The van der Waals surface area contributed by atoms with E-state index in [0.717, 1.165) is 52.4 Å². The Kier molecular flexibility index (Phi) is 5.39. The number of hydrogen-bond donors (Lipinski definition) is 1. The minimum Gasteiger partial charge on any atom is -0.458 e. The fourth-order valence-corrected chi connectivity index (χ4v) is 2.70. The summed E-state index contributed by atoms with van der Waals surface area (Å²) in [5.74, 6) is 3.28. The summed E-state index contributed by atoms with van der Waals surface area (Å²) in [6, 6.07) is 3.94. The number of halogens is 1. The largest absolute Gasteiger partial charge is 0.458 e. The second-order valence-corrected chi connectivity index (χ2v) is 5.64. The molecule has 0 radical (unpaired) electrons. The normalized spacial score (nSPS) is 10.8. The maximum absolute atomic E-state index is 5.76. The third kappa shape index (κ3) is 3.31. The molecule has 2 aromatic heterocycles. The first-order chi connectivity index (χ1) is 9.69. The van der Waals surface area contributed by atoms with Crippen molar-refractivity contribution in [1.29, 1.82) is 0 Å². The Labute approximate surface area is 133 Å². The van der Waals surface area contributed by atoms with Gasteiger partial charge in [0.1, 0.15) is 11.6 Å². The molecule has 0 bridgehead atoms. The maximum Gasteiger partial charge on any atom is 0.197 e. The zero-order chi connectivity index (χ0) is 14.5. The summed E-state index contributed by atoms with van der Waals surface area (Å²) in [5, 5.41) is 3.37. The fraction of sp³-hybridized carbons (Fsp3) is 0.467. The molecule has 0 aliphatic rings. The molecule has 4 nitrogen and oxygen atoms in total. The number of nitrogens with zero attached hydrogens (tertiary/aromatic N) is 2. The molecule has 5 heteroatoms. The average molecular weight is 385 g/mol. The molecule has 0 aliphatic heterocycles. The van der Waals surface area contributed by atoms with Gasteiger partial charge in [-0.15, -0.1) is 0 Å². The lowest BCUT2D eigenvalue weighted by Gasteiger charge is -2.11. The SMILES string of the molecule is CCCNc1nc(-c2ccc(CC)o2)nc(CC)c1I. The maximum atomic E-state index is 5.76. The van der Waals surface area contributed by atoms with Gasteiger partial charge in [0.05, 0.1) is 9.26 Å². The highest BCUT2D eigenvalue weighted by molar-refractivity contribution is 14.1. The lowest BCUT2D eigenvalue weighted by Crippen LogP contribution is -2.08. The van der Waals surface area contributed by atoms with Crippen LogP contribution in [0.3, 0.4) is 0 Å². The van der Waals surface area contributed by atoms with Gasteiger partial charge < -0.3 is 9.73 Å². The van der Waals surface area contributed by atoms with Crippen molar-refractivity contribution in [1.82, 2.24) is 9.97 Å². The summed E-state index contributed by atoms with van der Waals surface area (Å²) in [5.41, 5.74) is 1.06. The standard InChI is InChI=1S/C15H20IN3O/c1-4-9-17-15-13(16)11(6-3)18-14(19-15)12-8-7-10(5-2)20-12/h7-8H,4-6,9H2,1-3H3,(H,17,18,19). The van der Waals surface area contributed by atoms with Crippen molar-refractivity contribution in [2.45, 2.75) is 40.0 Å². The average Bonchev–Trinajstić information content (AvgIpc) is 2.95. The second kappa shape index (κ2) is 7.06. The summed E-state index contributed by atoms with van der Waals surface area (Å²) >= 11 is 2.31. The van der Waals surface area contributed by atoms with Gasteiger partial charge in [0.25, 0.3) is 0 Å². The van der Waals surface area contributed by atoms with Crippen molar-refractivity contribution in [3.8, 4) is 11.6 Å². The molecule has 0 fully saturated rings. The van der Waals surface area contributed by atoms with Gasteiger partial charge in [0.15, 0.2) is 11.6 Å². The Bertz CT molecular complexity index is 580. The molecule has 2 rings (SSSR count). The van der Waals surface area contributed by atoms with Gasteiger partial charge in [0, 0.05) is 13.0 Å². The Morgan fingerprint density at radius 3 is 2.55 bits per heavy atom. The lowest BCUT2D eigenvalue weighted by atomic mass is 10.3. The highest BCUT2D eigenvalue weighted by Gasteiger charge is 2.14. The molecule has 1 N–H and O–H groups in total. The van der Waals surface area contributed by atoms with Crippen molar-refractivity contribution < 1.29 is 4.42 Å². The molecule has 0 aliphatic carbocycles. The molecule has 108 valence electrons. The molecule has 2 aromatic rings. The molecule has 0 atom stereocenters. The van der Waals surface area contributed by atoms with Crippen LogP contribution in [0.15, 0.2) is 16.5 Å². The van der Waals surface area contributed by atoms with Gasteiger partial charge in [-0.25, -0.2) is 9.97 Å². The van der Waals surface area contributed by atoms with Crippen molar-refractivity contribution in [3.05, 3.63) is 27.2 Å². The smallest absolute Gasteiger partial charge is 0.197 e. The molecule has 0 unspecified atom stereocenters. The van der Waals surface area contributed by atoms with Crippen LogP contribution in [-0.4, -0.2) is 16.5 Å². The van der Waals surface area contributed by atoms with E-state index in [-0.39, 0.29) is 0 Å². The monoisotopic (exact) mass is 385 g/mol. The zero-order valence-electron chi connectivity index (χ0n) is 12.2. The highest BCUT2D eigenvalue weighted by Crippen LogP contribution is 2.25. The molecule has 0 amide bonds. The van der Waals surface area contributed by atoms with Crippen LogP contribution in [0.25, 0.3) is 11.6 Å². The van der Waals surface area contributed by atoms with Crippen LogP contribution < -0.4 is 5.32 Å². The molecule has 0 saturated heterocycles. The topological polar surface area (TPSA) is 51.0 Å². The Morgan fingerprint density at radius 2 is 1.95 bits per heavy atom. The molecule has 0 spiro atoms. The van der Waals surface area contributed by atoms with E-state index in [0.29, 0.717) is 5.82 Å². The number of aryl methyl sites for hydroxylation is 2. The van der Waals surface area contributed by atoms with Gasteiger partial charge >= 0.3 is 0 Å². The minimum absolute atomic E-state index is 0.667. The number of furan rings is 1. The molecule has 20 heavy (non-hydrogen) atoms. The van der Waals surface area contributed by atoms with Crippen molar-refractivity contribution >= 4 is 28.4 Å². The van der Waals surface area contributed by atoms with E-state index in [2.05, 4.69) is 58.6 Å². The van der Waals surface area contributed by atoms with E-state index in [1.165, 1.54) is 0 Å². The van der Waals surface area contributed by atoms with Crippen molar-refractivity contribution in [3.63, 3.8) is 0 Å². The number of rotatable bonds is 6. The predicted molar refractivity (Wildman–Crippen MR) is 90.0 cm³/mol. The number of hydrogen-bond acceptors (Lipinski definition) is 4. The van der Waals surface area contributed by atoms with Gasteiger partial charge in [-0.3, -0.25) is 0 Å². The van der Waals surface area contributed by atoms with Gasteiger partial charge in [-0.2, -0.15) is 0 Å². The van der Waals surface area contributed by atoms with Crippen LogP contribution in [0.2, 0.25) is 0 Å². The first-order valence-corrected chi connectivity index (χ1v) is 8.16. The van der Waals surface area contributed by atoms with Crippen LogP contribution in [0.1, 0.15) is 38.6 Å². The fourth-order valence-electron chi connectivity index (χ4n) is 1.89. The summed E-state index contributed by atoms with van der Waals surface area (Å²) in [4.78, 5) is 9.24. The Hall–Kier alpha value is -1.11. The third-order valence-corrected chi connectivity index (χ3v) is 4.16. The lowest BCUT2D eigenvalue weighted by molar-refractivity contribution is 0.525. The van der Waals surface area contributed by atoms with Crippen LogP contribution in [0, 0.1) is 3.57 Å². The first-order valence-electron chi connectivity index (χ1n) is 7.08. The van der Waals surface area contributed by atoms with Crippen LogP contribution in [0.4, 0.5) is 5.82 Å².